The standard InChI is InChI=1S/C17H19N5O2/c1-12-8-16(24-21-12)10-19-17(23)20-13(2)14-4-3-5-15(9-14)22-7-6-18-11-22/h3-9,11,13H,10H2,1-2H3,(H2,19,20,23)/t13-/m1/s1. The van der Waals surface area contributed by atoms with E-state index >= 15 is 0 Å². The van der Waals surface area contributed by atoms with Gasteiger partial charge in [0.1, 0.15) is 0 Å². The Kier molecular flexibility index (Phi) is 4.60. The second-order valence-corrected chi connectivity index (χ2v) is 5.55. The van der Waals surface area contributed by atoms with E-state index in [0.717, 1.165) is 16.9 Å². The molecule has 0 saturated carbocycles. The smallest absolute Gasteiger partial charge is 0.315 e. The molecule has 2 aromatic heterocycles. The van der Waals surface area contributed by atoms with Crippen LogP contribution in [0.5, 0.6) is 0 Å². The van der Waals surface area contributed by atoms with Crippen molar-refractivity contribution in [2.75, 3.05) is 0 Å². The highest BCUT2D eigenvalue weighted by Crippen LogP contribution is 2.16. The van der Waals surface area contributed by atoms with Crippen LogP contribution in [0.25, 0.3) is 5.69 Å². The van der Waals surface area contributed by atoms with E-state index in [4.69, 9.17) is 4.52 Å². The van der Waals surface area contributed by atoms with E-state index in [0.29, 0.717) is 12.3 Å². The third kappa shape index (κ3) is 3.81. The van der Waals surface area contributed by atoms with Gasteiger partial charge in [-0.25, -0.2) is 9.78 Å². The van der Waals surface area contributed by atoms with E-state index in [1.54, 1.807) is 18.6 Å². The van der Waals surface area contributed by atoms with Crippen molar-refractivity contribution in [3.05, 3.63) is 66.1 Å². The Balaban J connectivity index is 1.59. The highest BCUT2D eigenvalue weighted by Gasteiger charge is 2.11. The zero-order chi connectivity index (χ0) is 16.9. The summed E-state index contributed by atoms with van der Waals surface area (Å²) in [6, 6.07) is 9.34. The number of carbonyl (C=O) groups is 1. The van der Waals surface area contributed by atoms with Crippen LogP contribution in [0.4, 0.5) is 4.79 Å². The molecule has 1 aromatic carbocycles. The summed E-state index contributed by atoms with van der Waals surface area (Å²) in [7, 11) is 0. The molecule has 3 rings (SSSR count). The molecule has 0 aliphatic heterocycles. The second-order valence-electron chi connectivity index (χ2n) is 5.55. The van der Waals surface area contributed by atoms with Crippen LogP contribution in [0, 0.1) is 6.92 Å². The summed E-state index contributed by atoms with van der Waals surface area (Å²) in [5.74, 6) is 0.623. The Morgan fingerprint density at radius 3 is 2.96 bits per heavy atom. The molecule has 0 aliphatic carbocycles. The number of carbonyl (C=O) groups excluding carboxylic acids is 1. The van der Waals surface area contributed by atoms with E-state index < -0.39 is 0 Å². The molecule has 0 saturated heterocycles. The van der Waals surface area contributed by atoms with Gasteiger partial charge in [-0.15, -0.1) is 0 Å². The summed E-state index contributed by atoms with van der Waals surface area (Å²) >= 11 is 0. The lowest BCUT2D eigenvalue weighted by Gasteiger charge is -2.16. The van der Waals surface area contributed by atoms with Crippen LogP contribution in [0.1, 0.15) is 30.0 Å². The van der Waals surface area contributed by atoms with E-state index in [-0.39, 0.29) is 12.1 Å². The lowest BCUT2D eigenvalue weighted by atomic mass is 10.1. The minimum absolute atomic E-state index is 0.134. The molecule has 124 valence electrons. The van der Waals surface area contributed by atoms with Gasteiger partial charge < -0.3 is 19.7 Å². The van der Waals surface area contributed by atoms with E-state index in [2.05, 4.69) is 20.8 Å². The molecule has 0 aliphatic rings. The largest absolute Gasteiger partial charge is 0.359 e. The van der Waals surface area contributed by atoms with Crippen LogP contribution >= 0.6 is 0 Å². The Bertz CT molecular complexity index is 810. The Morgan fingerprint density at radius 1 is 1.38 bits per heavy atom. The molecule has 0 fully saturated rings. The number of nitrogens with one attached hydrogen (secondary N) is 2. The van der Waals surface area contributed by atoms with Gasteiger partial charge in [-0.1, -0.05) is 17.3 Å². The molecule has 0 radical (unpaired) electrons. The molecule has 2 heterocycles. The molecular weight excluding hydrogens is 306 g/mol. The number of hydrogen-bond acceptors (Lipinski definition) is 4. The zero-order valence-electron chi connectivity index (χ0n) is 13.6. The van der Waals surface area contributed by atoms with Crippen molar-refractivity contribution in [2.24, 2.45) is 0 Å². The topological polar surface area (TPSA) is 85.0 Å². The Hall–Kier alpha value is -3.09. The third-order valence-electron chi connectivity index (χ3n) is 3.62. The molecule has 3 aromatic rings. The monoisotopic (exact) mass is 325 g/mol. The first kappa shape index (κ1) is 15.8. The Labute approximate surface area is 139 Å². The van der Waals surface area contributed by atoms with Gasteiger partial charge in [0.2, 0.25) is 0 Å². The fourth-order valence-corrected chi connectivity index (χ4v) is 2.36. The molecule has 0 spiro atoms. The number of aromatic nitrogens is 3. The van der Waals surface area contributed by atoms with E-state index in [9.17, 15) is 4.79 Å². The van der Waals surface area contributed by atoms with Crippen molar-refractivity contribution < 1.29 is 9.32 Å². The number of hydrogen-bond donors (Lipinski definition) is 2. The van der Waals surface area contributed by atoms with Gasteiger partial charge in [0.05, 0.1) is 24.6 Å². The van der Waals surface area contributed by atoms with Crippen LogP contribution in [-0.2, 0) is 6.54 Å². The van der Waals surface area contributed by atoms with Crippen molar-refractivity contribution in [3.8, 4) is 5.69 Å². The highest BCUT2D eigenvalue weighted by atomic mass is 16.5. The summed E-state index contributed by atoms with van der Waals surface area (Å²) in [4.78, 5) is 16.1. The first-order valence-corrected chi connectivity index (χ1v) is 7.66. The average molecular weight is 325 g/mol. The van der Waals surface area contributed by atoms with Crippen molar-refractivity contribution in [3.63, 3.8) is 0 Å². The van der Waals surface area contributed by atoms with Gasteiger partial charge in [-0.2, -0.15) is 0 Å². The van der Waals surface area contributed by atoms with Gasteiger partial charge in [-0.3, -0.25) is 0 Å². The van der Waals surface area contributed by atoms with E-state index in [1.807, 2.05) is 48.9 Å². The molecule has 7 heteroatoms. The molecule has 1 atom stereocenters. The van der Waals surface area contributed by atoms with Crippen LogP contribution in [0.2, 0.25) is 0 Å². The maximum atomic E-state index is 12.0. The highest BCUT2D eigenvalue weighted by molar-refractivity contribution is 5.74. The number of aryl methyl sites for hydroxylation is 1. The number of urea groups is 1. The minimum Gasteiger partial charge on any atom is -0.359 e. The number of amides is 2. The molecule has 2 amide bonds. The van der Waals surface area contributed by atoms with Gasteiger partial charge in [0.15, 0.2) is 5.76 Å². The summed E-state index contributed by atoms with van der Waals surface area (Å²) < 4.78 is 6.98. The SMILES string of the molecule is Cc1cc(CNC(=O)N[C@H](C)c2cccc(-n3ccnc3)c2)on1. The summed E-state index contributed by atoms with van der Waals surface area (Å²) in [5.41, 5.74) is 2.79. The fourth-order valence-electron chi connectivity index (χ4n) is 2.36. The number of imidazole rings is 1. The van der Waals surface area contributed by atoms with Crippen molar-refractivity contribution in [2.45, 2.75) is 26.4 Å². The third-order valence-corrected chi connectivity index (χ3v) is 3.62. The quantitative estimate of drug-likeness (QED) is 0.755. The number of benzene rings is 1. The Morgan fingerprint density at radius 2 is 2.25 bits per heavy atom. The predicted molar refractivity (Wildman–Crippen MR) is 88.6 cm³/mol. The van der Waals surface area contributed by atoms with Crippen LogP contribution in [0.3, 0.4) is 0 Å². The molecule has 24 heavy (non-hydrogen) atoms. The van der Waals surface area contributed by atoms with Crippen LogP contribution < -0.4 is 10.6 Å². The van der Waals surface area contributed by atoms with Gasteiger partial charge in [-0.05, 0) is 31.5 Å². The lowest BCUT2D eigenvalue weighted by molar-refractivity contribution is 0.236. The van der Waals surface area contributed by atoms with Crippen molar-refractivity contribution in [1.82, 2.24) is 25.3 Å². The van der Waals surface area contributed by atoms with Crippen LogP contribution in [-0.4, -0.2) is 20.7 Å². The molecular formula is C17H19N5O2. The van der Waals surface area contributed by atoms with E-state index in [1.165, 1.54) is 0 Å². The first-order valence-electron chi connectivity index (χ1n) is 7.66. The van der Waals surface area contributed by atoms with Crippen molar-refractivity contribution in [1.29, 1.82) is 0 Å². The summed E-state index contributed by atoms with van der Waals surface area (Å²) in [6.45, 7) is 4.07. The maximum Gasteiger partial charge on any atom is 0.315 e. The zero-order valence-corrected chi connectivity index (χ0v) is 13.6. The molecule has 2 N–H and O–H groups in total. The summed E-state index contributed by atoms with van der Waals surface area (Å²) in [6.07, 6.45) is 5.35. The van der Waals surface area contributed by atoms with Crippen molar-refractivity contribution >= 4 is 6.03 Å². The minimum atomic E-state index is -0.260. The lowest BCUT2D eigenvalue weighted by Crippen LogP contribution is -2.36. The fraction of sp³-hybridized carbons (Fsp3) is 0.235. The second kappa shape index (κ2) is 6.99. The predicted octanol–water partition coefficient (Wildman–Crippen LogP) is 2.73. The van der Waals surface area contributed by atoms with Gasteiger partial charge in [0, 0.05) is 24.1 Å². The molecule has 0 bridgehead atoms. The summed E-state index contributed by atoms with van der Waals surface area (Å²) in [5, 5.41) is 9.45. The molecule has 0 unspecified atom stereocenters. The van der Waals surface area contributed by atoms with Crippen LogP contribution in [0.15, 0.2) is 53.6 Å². The molecule has 7 nitrogen and oxygen atoms in total. The van der Waals surface area contributed by atoms with Gasteiger partial charge >= 0.3 is 6.03 Å². The number of nitrogens with zero attached hydrogens (tertiary/aromatic N) is 3. The van der Waals surface area contributed by atoms with Gasteiger partial charge in [0.25, 0.3) is 0 Å². The first-order chi connectivity index (χ1) is 11.6. The normalized spacial score (nSPS) is 11.9. The maximum absolute atomic E-state index is 12.0. The average Bonchev–Trinajstić information content (AvgIpc) is 3.24. The number of rotatable bonds is 5.